The van der Waals surface area contributed by atoms with E-state index in [0.717, 1.165) is 16.8 Å². The molecule has 6 aromatic rings. The van der Waals surface area contributed by atoms with E-state index in [1.54, 1.807) is 11.3 Å². The van der Waals surface area contributed by atoms with Gasteiger partial charge in [-0.15, -0.1) is 46.7 Å². The van der Waals surface area contributed by atoms with Crippen molar-refractivity contribution in [1.29, 1.82) is 0 Å². The molecule has 0 aliphatic rings. The van der Waals surface area contributed by atoms with Crippen molar-refractivity contribution >= 4 is 27.3 Å². The van der Waals surface area contributed by atoms with Crippen molar-refractivity contribution in [3.63, 3.8) is 0 Å². The average molecular weight is 731 g/mol. The molecule has 0 bridgehead atoms. The zero-order valence-corrected chi connectivity index (χ0v) is 25.9. The number of hydrogen-bond donors (Lipinski definition) is 1. The Morgan fingerprint density at radius 3 is 1.90 bits per heavy atom. The van der Waals surface area contributed by atoms with Crippen LogP contribution < -0.4 is 0 Å². The molecule has 2 heterocycles. The first-order chi connectivity index (χ1) is 19.5. The maximum absolute atomic E-state index is 10.0. The van der Waals surface area contributed by atoms with E-state index in [0.29, 0.717) is 0 Å². The second-order valence-electron chi connectivity index (χ2n) is 9.33. The quantitative estimate of drug-likeness (QED) is 0.109. The summed E-state index contributed by atoms with van der Waals surface area (Å²) in [6.45, 7) is 2.85. The fourth-order valence-electron chi connectivity index (χ4n) is 4.51. The SMILES string of the molecule is CC(=O)/C=C(/C)O.[Ir].[c-]1ccc(-c2ccccc2)cc1-c1ccc2sc(-c3ccccc3)c(-c3ccccc3)c2n1. The summed E-state index contributed by atoms with van der Waals surface area (Å²) in [6, 6.07) is 45.6. The molecule has 1 radical (unpaired) electrons. The van der Waals surface area contributed by atoms with Crippen LogP contribution in [-0.2, 0) is 24.9 Å². The third-order valence-electron chi connectivity index (χ3n) is 6.23. The molecule has 5 heteroatoms. The first-order valence-corrected chi connectivity index (χ1v) is 13.8. The van der Waals surface area contributed by atoms with Gasteiger partial charge in [-0.25, -0.2) is 0 Å². The molecular formula is C36H28IrNO2S-. The van der Waals surface area contributed by atoms with E-state index in [2.05, 4.69) is 115 Å². The van der Waals surface area contributed by atoms with Crippen LogP contribution in [0.3, 0.4) is 0 Å². The molecule has 41 heavy (non-hydrogen) atoms. The van der Waals surface area contributed by atoms with E-state index in [9.17, 15) is 4.79 Å². The number of allylic oxidation sites excluding steroid dienone is 2. The molecule has 0 unspecified atom stereocenters. The van der Waals surface area contributed by atoms with E-state index in [-0.39, 0.29) is 31.6 Å². The average Bonchev–Trinajstić information content (AvgIpc) is 3.37. The number of nitrogens with zero attached hydrogens (tertiary/aromatic N) is 1. The summed E-state index contributed by atoms with van der Waals surface area (Å²) < 4.78 is 1.19. The number of fused-ring (bicyclic) bond motifs is 1. The smallest absolute Gasteiger partial charge is 0.155 e. The Hall–Kier alpha value is -4.15. The zero-order chi connectivity index (χ0) is 27.9. The van der Waals surface area contributed by atoms with Gasteiger partial charge in [-0.2, -0.15) is 0 Å². The molecule has 2 aromatic heterocycles. The minimum atomic E-state index is -0.125. The van der Waals surface area contributed by atoms with Crippen LogP contribution in [0.2, 0.25) is 0 Å². The number of hydrogen-bond acceptors (Lipinski definition) is 4. The van der Waals surface area contributed by atoms with E-state index >= 15 is 0 Å². The maximum atomic E-state index is 10.0. The standard InChI is InChI=1S/C31H20NS.C5H8O2.Ir/c1-4-11-22(12-5-1)25-17-10-18-26(21-25)27-19-20-28-30(32-27)29(23-13-6-2-7-14-23)31(33-28)24-15-8-3-9-16-24;1-4(6)3-5(2)7;/h1-17,19-21H;3,6H,1-2H3;/q-1;;/b;4-3-;. The molecule has 6 rings (SSSR count). The second-order valence-corrected chi connectivity index (χ2v) is 10.4. The molecule has 0 amide bonds. The van der Waals surface area contributed by atoms with Crippen molar-refractivity contribution < 1.29 is 30.0 Å². The molecular weight excluding hydrogens is 703 g/mol. The van der Waals surface area contributed by atoms with Crippen molar-refractivity contribution in [1.82, 2.24) is 4.98 Å². The molecule has 4 aromatic carbocycles. The van der Waals surface area contributed by atoms with Gasteiger partial charge >= 0.3 is 0 Å². The summed E-state index contributed by atoms with van der Waals surface area (Å²) in [5.74, 6) is -0.0625. The molecule has 0 atom stereocenters. The number of aliphatic hydroxyl groups excluding tert-OH is 1. The maximum Gasteiger partial charge on any atom is 0.155 e. The molecule has 0 aliphatic carbocycles. The number of pyridine rings is 1. The Morgan fingerprint density at radius 2 is 1.34 bits per heavy atom. The van der Waals surface area contributed by atoms with Crippen LogP contribution >= 0.6 is 11.3 Å². The van der Waals surface area contributed by atoms with Gasteiger partial charge in [-0.05, 0) is 42.3 Å². The number of benzene rings is 4. The fourth-order valence-corrected chi connectivity index (χ4v) is 5.68. The number of thiophene rings is 1. The normalized spacial score (nSPS) is 10.8. The summed E-state index contributed by atoms with van der Waals surface area (Å²) in [4.78, 5) is 16.5. The van der Waals surface area contributed by atoms with Gasteiger partial charge < -0.3 is 5.11 Å². The van der Waals surface area contributed by atoms with Gasteiger partial charge in [0.15, 0.2) is 5.78 Å². The van der Waals surface area contributed by atoms with Gasteiger partial charge in [0.1, 0.15) is 0 Å². The molecule has 0 aliphatic heterocycles. The Balaban J connectivity index is 0.000000434. The minimum absolute atomic E-state index is 0. The predicted octanol–water partition coefficient (Wildman–Crippen LogP) is 9.80. The third kappa shape index (κ3) is 7.33. The number of aliphatic hydroxyl groups is 1. The van der Waals surface area contributed by atoms with Crippen molar-refractivity contribution in [2.45, 2.75) is 13.8 Å². The first-order valence-electron chi connectivity index (χ1n) is 13.0. The van der Waals surface area contributed by atoms with Crippen molar-refractivity contribution in [3.05, 3.63) is 139 Å². The van der Waals surface area contributed by atoms with Crippen LogP contribution in [0.15, 0.2) is 133 Å². The second kappa shape index (κ2) is 14.0. The topological polar surface area (TPSA) is 50.2 Å². The summed E-state index contributed by atoms with van der Waals surface area (Å²) in [5.41, 5.74) is 8.96. The Labute approximate surface area is 258 Å². The van der Waals surface area contributed by atoms with Crippen LogP contribution in [0, 0.1) is 6.07 Å². The van der Waals surface area contributed by atoms with Crippen molar-refractivity contribution in [2.75, 3.05) is 0 Å². The molecule has 1 N–H and O–H groups in total. The molecule has 0 fully saturated rings. The van der Waals surface area contributed by atoms with E-state index in [1.807, 2.05) is 12.1 Å². The summed E-state index contributed by atoms with van der Waals surface area (Å²) in [6.07, 6.45) is 1.17. The Morgan fingerprint density at radius 1 is 0.756 bits per heavy atom. The van der Waals surface area contributed by atoms with Crippen LogP contribution in [0.4, 0.5) is 0 Å². The summed E-state index contributed by atoms with van der Waals surface area (Å²) in [5, 5.41) is 8.36. The fraction of sp³-hybridized carbons (Fsp3) is 0.0556. The van der Waals surface area contributed by atoms with Crippen LogP contribution in [0.25, 0.3) is 54.2 Å². The van der Waals surface area contributed by atoms with Crippen LogP contribution in [0.5, 0.6) is 0 Å². The largest absolute Gasteiger partial charge is 0.512 e. The third-order valence-corrected chi connectivity index (χ3v) is 7.42. The number of carbonyl (C=O) groups excluding carboxylic acids is 1. The molecule has 0 spiro atoms. The number of rotatable bonds is 5. The number of aromatic nitrogens is 1. The predicted molar refractivity (Wildman–Crippen MR) is 167 cm³/mol. The van der Waals surface area contributed by atoms with Crippen molar-refractivity contribution in [2.24, 2.45) is 0 Å². The molecule has 205 valence electrons. The van der Waals surface area contributed by atoms with Gasteiger partial charge in [0.05, 0.1) is 16.0 Å². The van der Waals surface area contributed by atoms with Crippen molar-refractivity contribution in [3.8, 4) is 44.0 Å². The van der Waals surface area contributed by atoms with Gasteiger partial charge in [-0.3, -0.25) is 9.78 Å². The van der Waals surface area contributed by atoms with E-state index in [1.165, 1.54) is 57.3 Å². The summed E-state index contributed by atoms with van der Waals surface area (Å²) >= 11 is 1.80. The zero-order valence-electron chi connectivity index (χ0n) is 22.7. The summed E-state index contributed by atoms with van der Waals surface area (Å²) in [7, 11) is 0. The number of carbonyl (C=O) groups is 1. The molecule has 0 saturated heterocycles. The Bertz CT molecular complexity index is 1780. The van der Waals surface area contributed by atoms with E-state index < -0.39 is 0 Å². The van der Waals surface area contributed by atoms with E-state index in [4.69, 9.17) is 10.1 Å². The van der Waals surface area contributed by atoms with Gasteiger partial charge in [-0.1, -0.05) is 97.1 Å². The molecule has 3 nitrogen and oxygen atoms in total. The van der Waals surface area contributed by atoms with Crippen LogP contribution in [-0.4, -0.2) is 15.9 Å². The minimum Gasteiger partial charge on any atom is -0.512 e. The van der Waals surface area contributed by atoms with Gasteiger partial charge in [0, 0.05) is 36.6 Å². The van der Waals surface area contributed by atoms with Gasteiger partial charge in [0.25, 0.3) is 0 Å². The first kappa shape index (κ1) is 29.8. The van der Waals surface area contributed by atoms with Gasteiger partial charge in [0.2, 0.25) is 0 Å². The Kier molecular flexibility index (Phi) is 10.2. The molecule has 0 saturated carbocycles. The van der Waals surface area contributed by atoms with Crippen LogP contribution in [0.1, 0.15) is 13.8 Å². The number of ketones is 1. The monoisotopic (exact) mass is 731 g/mol.